The number of carbonyl (C=O) groups is 1. The summed E-state index contributed by atoms with van der Waals surface area (Å²) in [6.45, 7) is 2.80. The number of aryl methyl sites for hydroxylation is 1. The molecule has 1 atom stereocenters. The highest BCUT2D eigenvalue weighted by Gasteiger charge is 2.15. The molecule has 1 aromatic carbocycles. The van der Waals surface area contributed by atoms with Gasteiger partial charge < -0.3 is 10.4 Å². The number of carboxylic acids is 1. The smallest absolute Gasteiger partial charge is 0.320 e. The van der Waals surface area contributed by atoms with E-state index in [4.69, 9.17) is 5.11 Å². The third-order valence-electron chi connectivity index (χ3n) is 2.74. The van der Waals surface area contributed by atoms with E-state index in [1.165, 1.54) is 5.56 Å². The molecule has 0 aliphatic rings. The molecule has 3 nitrogen and oxygen atoms in total. The fourth-order valence-electron chi connectivity index (χ4n) is 1.79. The molecule has 0 fully saturated rings. The topological polar surface area (TPSA) is 49.3 Å². The standard InChI is InChI=1S/C14H21NO2/c1-2-11-15-13(14(16)17)10-6-9-12-7-4-3-5-8-12/h3-5,7-8,13,15H,2,6,9-11H2,1H3,(H,16,17). The Morgan fingerprint density at radius 3 is 2.65 bits per heavy atom. The highest BCUT2D eigenvalue weighted by molar-refractivity contribution is 5.73. The van der Waals surface area contributed by atoms with Crippen LogP contribution >= 0.6 is 0 Å². The van der Waals surface area contributed by atoms with E-state index < -0.39 is 12.0 Å². The van der Waals surface area contributed by atoms with Gasteiger partial charge in [-0.25, -0.2) is 0 Å². The first kappa shape index (κ1) is 13.7. The molecule has 0 heterocycles. The van der Waals surface area contributed by atoms with Crippen molar-refractivity contribution in [1.29, 1.82) is 0 Å². The molecular formula is C14H21NO2. The molecule has 2 N–H and O–H groups in total. The van der Waals surface area contributed by atoms with Crippen molar-refractivity contribution in [3.05, 3.63) is 35.9 Å². The van der Waals surface area contributed by atoms with Crippen molar-refractivity contribution in [3.8, 4) is 0 Å². The van der Waals surface area contributed by atoms with Crippen LogP contribution < -0.4 is 5.32 Å². The second-order valence-corrected chi connectivity index (χ2v) is 4.22. The van der Waals surface area contributed by atoms with Crippen LogP contribution in [-0.2, 0) is 11.2 Å². The number of benzene rings is 1. The quantitative estimate of drug-likeness (QED) is 0.727. The van der Waals surface area contributed by atoms with Crippen LogP contribution in [0.25, 0.3) is 0 Å². The summed E-state index contributed by atoms with van der Waals surface area (Å²) >= 11 is 0. The van der Waals surface area contributed by atoms with E-state index in [0.29, 0.717) is 6.42 Å². The number of nitrogens with one attached hydrogen (secondary N) is 1. The average molecular weight is 235 g/mol. The van der Waals surface area contributed by atoms with Crippen molar-refractivity contribution in [3.63, 3.8) is 0 Å². The van der Waals surface area contributed by atoms with Gasteiger partial charge in [0, 0.05) is 0 Å². The Hall–Kier alpha value is -1.35. The maximum Gasteiger partial charge on any atom is 0.320 e. The van der Waals surface area contributed by atoms with Crippen LogP contribution in [0.2, 0.25) is 0 Å². The van der Waals surface area contributed by atoms with Crippen molar-refractivity contribution < 1.29 is 9.90 Å². The van der Waals surface area contributed by atoms with Gasteiger partial charge in [0.2, 0.25) is 0 Å². The third kappa shape index (κ3) is 5.50. The lowest BCUT2D eigenvalue weighted by Gasteiger charge is -2.13. The van der Waals surface area contributed by atoms with Gasteiger partial charge in [0.1, 0.15) is 6.04 Å². The molecule has 3 heteroatoms. The zero-order chi connectivity index (χ0) is 12.5. The van der Waals surface area contributed by atoms with Gasteiger partial charge in [-0.15, -0.1) is 0 Å². The number of rotatable bonds is 8. The SMILES string of the molecule is CCCNC(CCCc1ccccc1)C(=O)O. The summed E-state index contributed by atoms with van der Waals surface area (Å²) in [6.07, 6.45) is 3.49. The molecule has 0 bridgehead atoms. The summed E-state index contributed by atoms with van der Waals surface area (Å²) in [5, 5.41) is 12.1. The predicted molar refractivity (Wildman–Crippen MR) is 69.1 cm³/mol. The summed E-state index contributed by atoms with van der Waals surface area (Å²) in [4.78, 5) is 11.0. The van der Waals surface area contributed by atoms with E-state index in [0.717, 1.165) is 25.8 Å². The number of aliphatic carboxylic acids is 1. The van der Waals surface area contributed by atoms with Crippen LogP contribution in [-0.4, -0.2) is 23.7 Å². The van der Waals surface area contributed by atoms with Crippen LogP contribution in [0.15, 0.2) is 30.3 Å². The van der Waals surface area contributed by atoms with Crippen LogP contribution in [0.3, 0.4) is 0 Å². The molecule has 0 aliphatic heterocycles. The van der Waals surface area contributed by atoms with Gasteiger partial charge in [-0.3, -0.25) is 4.79 Å². The minimum absolute atomic E-state index is 0.404. The summed E-state index contributed by atoms with van der Waals surface area (Å²) in [7, 11) is 0. The lowest BCUT2D eigenvalue weighted by atomic mass is 10.0. The van der Waals surface area contributed by atoms with Crippen molar-refractivity contribution in [2.75, 3.05) is 6.54 Å². The fraction of sp³-hybridized carbons (Fsp3) is 0.500. The minimum Gasteiger partial charge on any atom is -0.480 e. The first-order chi connectivity index (χ1) is 8.24. The molecule has 0 spiro atoms. The summed E-state index contributed by atoms with van der Waals surface area (Å²) in [5.74, 6) is -0.744. The van der Waals surface area contributed by atoms with Gasteiger partial charge in [0.15, 0.2) is 0 Å². The Labute approximate surface area is 103 Å². The van der Waals surface area contributed by atoms with Gasteiger partial charge in [0.05, 0.1) is 0 Å². The predicted octanol–water partition coefficient (Wildman–Crippen LogP) is 2.46. The lowest BCUT2D eigenvalue weighted by Crippen LogP contribution is -2.37. The summed E-state index contributed by atoms with van der Waals surface area (Å²) < 4.78 is 0. The van der Waals surface area contributed by atoms with Crippen molar-refractivity contribution in [2.24, 2.45) is 0 Å². The Balaban J connectivity index is 2.29. The third-order valence-corrected chi connectivity index (χ3v) is 2.74. The van der Waals surface area contributed by atoms with E-state index in [2.05, 4.69) is 17.4 Å². The average Bonchev–Trinajstić information content (AvgIpc) is 2.34. The molecule has 0 saturated heterocycles. The molecule has 0 aromatic heterocycles. The van der Waals surface area contributed by atoms with Gasteiger partial charge in [-0.1, -0.05) is 37.3 Å². The largest absolute Gasteiger partial charge is 0.480 e. The van der Waals surface area contributed by atoms with E-state index in [9.17, 15) is 4.79 Å². The second-order valence-electron chi connectivity index (χ2n) is 4.22. The molecule has 17 heavy (non-hydrogen) atoms. The Morgan fingerprint density at radius 2 is 2.06 bits per heavy atom. The highest BCUT2D eigenvalue weighted by atomic mass is 16.4. The molecule has 0 aliphatic carbocycles. The highest BCUT2D eigenvalue weighted by Crippen LogP contribution is 2.06. The zero-order valence-electron chi connectivity index (χ0n) is 10.4. The molecule has 0 amide bonds. The van der Waals surface area contributed by atoms with Crippen molar-refractivity contribution in [1.82, 2.24) is 5.32 Å². The summed E-state index contributed by atoms with van der Waals surface area (Å²) in [5.41, 5.74) is 1.27. The molecule has 0 radical (unpaired) electrons. The molecule has 1 unspecified atom stereocenters. The van der Waals surface area contributed by atoms with Gasteiger partial charge >= 0.3 is 5.97 Å². The Morgan fingerprint density at radius 1 is 1.35 bits per heavy atom. The van der Waals surface area contributed by atoms with Crippen LogP contribution in [0, 0.1) is 0 Å². The summed E-state index contributed by atoms with van der Waals surface area (Å²) in [6, 6.07) is 9.77. The first-order valence-electron chi connectivity index (χ1n) is 6.24. The zero-order valence-corrected chi connectivity index (χ0v) is 10.4. The Kier molecular flexibility index (Phi) is 6.33. The maximum atomic E-state index is 11.0. The number of carboxylic acid groups (broad SMARTS) is 1. The monoisotopic (exact) mass is 235 g/mol. The number of hydrogen-bond donors (Lipinski definition) is 2. The Bertz CT molecular complexity index is 324. The van der Waals surface area contributed by atoms with E-state index in [1.54, 1.807) is 0 Å². The second kappa shape index (κ2) is 7.85. The van der Waals surface area contributed by atoms with Crippen LogP contribution in [0.4, 0.5) is 0 Å². The first-order valence-corrected chi connectivity index (χ1v) is 6.24. The normalized spacial score (nSPS) is 12.3. The van der Waals surface area contributed by atoms with Gasteiger partial charge in [-0.05, 0) is 37.8 Å². The van der Waals surface area contributed by atoms with E-state index >= 15 is 0 Å². The molecule has 0 saturated carbocycles. The van der Waals surface area contributed by atoms with Crippen LogP contribution in [0.5, 0.6) is 0 Å². The fourth-order valence-corrected chi connectivity index (χ4v) is 1.79. The van der Waals surface area contributed by atoms with Crippen molar-refractivity contribution in [2.45, 2.75) is 38.6 Å². The van der Waals surface area contributed by atoms with Gasteiger partial charge in [0.25, 0.3) is 0 Å². The van der Waals surface area contributed by atoms with Gasteiger partial charge in [-0.2, -0.15) is 0 Å². The van der Waals surface area contributed by atoms with E-state index in [1.807, 2.05) is 25.1 Å². The van der Waals surface area contributed by atoms with Crippen molar-refractivity contribution >= 4 is 5.97 Å². The van der Waals surface area contributed by atoms with Crippen LogP contribution in [0.1, 0.15) is 31.7 Å². The lowest BCUT2D eigenvalue weighted by molar-refractivity contribution is -0.139. The molecule has 1 rings (SSSR count). The number of hydrogen-bond acceptors (Lipinski definition) is 2. The molecule has 1 aromatic rings. The molecule has 94 valence electrons. The maximum absolute atomic E-state index is 11.0. The van der Waals surface area contributed by atoms with E-state index in [-0.39, 0.29) is 0 Å². The minimum atomic E-state index is -0.744. The molecular weight excluding hydrogens is 214 g/mol.